The minimum Gasteiger partial charge on any atom is -0.394 e. The molecule has 7 unspecified atom stereocenters. The number of ether oxygens (including phenoxy) is 2. The molecule has 1 rings (SSSR count). The number of aliphatic hydroxyl groups excluding tert-OH is 5. The van der Waals surface area contributed by atoms with Crippen molar-refractivity contribution < 1.29 is 39.8 Å². The number of hydrogen-bond acceptors (Lipinski definition) is 8. The zero-order valence-electron chi connectivity index (χ0n) is 38.0. The molecule has 9 nitrogen and oxygen atoms in total. The Kier molecular flexibility index (Phi) is 38.0. The number of nitrogens with one attached hydrogen (secondary N) is 1. The van der Waals surface area contributed by atoms with E-state index in [4.69, 9.17) is 9.47 Å². The molecule has 1 aliphatic heterocycles. The zero-order chi connectivity index (χ0) is 43.0. The molecule has 0 aromatic rings. The maximum Gasteiger partial charge on any atom is 0.220 e. The van der Waals surface area contributed by atoms with E-state index in [0.717, 1.165) is 64.2 Å². The molecule has 1 amide bonds. The van der Waals surface area contributed by atoms with Gasteiger partial charge in [0.1, 0.15) is 24.4 Å². The van der Waals surface area contributed by atoms with Gasteiger partial charge in [-0.25, -0.2) is 0 Å². The third kappa shape index (κ3) is 31.0. The summed E-state index contributed by atoms with van der Waals surface area (Å²) >= 11 is 0. The topological polar surface area (TPSA) is 149 Å². The highest BCUT2D eigenvalue weighted by Gasteiger charge is 2.44. The average Bonchev–Trinajstić information content (AvgIpc) is 3.23. The second kappa shape index (κ2) is 40.5. The Bertz CT molecular complexity index is 1020. The minimum atomic E-state index is -1.57. The Morgan fingerprint density at radius 2 is 1.00 bits per heavy atom. The lowest BCUT2D eigenvalue weighted by molar-refractivity contribution is -0.302. The van der Waals surface area contributed by atoms with E-state index in [2.05, 4.69) is 43.5 Å². The number of carbonyl (C=O) groups excluding carboxylic acids is 1. The van der Waals surface area contributed by atoms with Gasteiger partial charge in [-0.3, -0.25) is 4.79 Å². The summed E-state index contributed by atoms with van der Waals surface area (Å²) in [6.45, 7) is 3.76. The van der Waals surface area contributed by atoms with E-state index in [-0.39, 0.29) is 12.5 Å². The van der Waals surface area contributed by atoms with Gasteiger partial charge in [0, 0.05) is 6.42 Å². The van der Waals surface area contributed by atoms with Gasteiger partial charge < -0.3 is 40.3 Å². The third-order valence-electron chi connectivity index (χ3n) is 11.7. The highest BCUT2D eigenvalue weighted by atomic mass is 16.7. The molecule has 0 spiro atoms. The van der Waals surface area contributed by atoms with Gasteiger partial charge in [-0.2, -0.15) is 0 Å². The number of rotatable bonds is 41. The molecule has 1 aliphatic rings. The molecule has 0 aromatic carbocycles. The normalized spacial score (nSPS) is 21.0. The minimum absolute atomic E-state index is 0.190. The molecule has 0 aromatic heterocycles. The molecule has 0 saturated carbocycles. The van der Waals surface area contributed by atoms with Crippen LogP contribution < -0.4 is 5.32 Å². The third-order valence-corrected chi connectivity index (χ3v) is 11.7. The summed E-state index contributed by atoms with van der Waals surface area (Å²) in [7, 11) is 0. The van der Waals surface area contributed by atoms with Crippen LogP contribution in [0.5, 0.6) is 0 Å². The fourth-order valence-corrected chi connectivity index (χ4v) is 7.72. The van der Waals surface area contributed by atoms with Crippen molar-refractivity contribution in [3.8, 4) is 0 Å². The van der Waals surface area contributed by atoms with Crippen molar-refractivity contribution in [3.63, 3.8) is 0 Å². The molecule has 6 N–H and O–H groups in total. The molecule has 1 saturated heterocycles. The zero-order valence-corrected chi connectivity index (χ0v) is 38.0. The number of unbranched alkanes of at least 4 members (excludes halogenated alkanes) is 27. The van der Waals surface area contributed by atoms with E-state index < -0.39 is 49.5 Å². The van der Waals surface area contributed by atoms with Gasteiger partial charge in [0.25, 0.3) is 0 Å². The maximum atomic E-state index is 13.0. The number of hydrogen-bond donors (Lipinski definition) is 6. The first-order chi connectivity index (χ1) is 28.8. The Balaban J connectivity index is 2.33. The largest absolute Gasteiger partial charge is 0.394 e. The van der Waals surface area contributed by atoms with Crippen LogP contribution in [0.2, 0.25) is 0 Å². The molecule has 1 fully saturated rings. The first-order valence-electron chi connectivity index (χ1n) is 24.7. The lowest BCUT2D eigenvalue weighted by atomic mass is 9.99. The smallest absolute Gasteiger partial charge is 0.220 e. The first kappa shape index (κ1) is 55.4. The van der Waals surface area contributed by atoms with Crippen LogP contribution in [-0.4, -0.2) is 87.5 Å². The predicted octanol–water partition coefficient (Wildman–Crippen LogP) is 10.8. The molecule has 59 heavy (non-hydrogen) atoms. The van der Waals surface area contributed by atoms with E-state index in [1.807, 2.05) is 6.08 Å². The van der Waals surface area contributed by atoms with Gasteiger partial charge in [0.15, 0.2) is 6.29 Å². The van der Waals surface area contributed by atoms with Crippen LogP contribution >= 0.6 is 0 Å². The van der Waals surface area contributed by atoms with Crippen molar-refractivity contribution in [2.45, 2.75) is 262 Å². The van der Waals surface area contributed by atoms with E-state index in [1.54, 1.807) is 6.08 Å². The number of amides is 1. The van der Waals surface area contributed by atoms with Gasteiger partial charge >= 0.3 is 0 Å². The monoisotopic (exact) mass is 836 g/mol. The highest BCUT2D eigenvalue weighted by molar-refractivity contribution is 5.76. The lowest BCUT2D eigenvalue weighted by Crippen LogP contribution is -2.60. The van der Waals surface area contributed by atoms with Crippen molar-refractivity contribution in [3.05, 3.63) is 36.5 Å². The quantitative estimate of drug-likeness (QED) is 0.0263. The molecule has 9 heteroatoms. The molecule has 0 radical (unpaired) electrons. The standard InChI is InChI=1S/C50H93NO8/c1-3-5-7-9-11-13-15-17-19-21-22-23-24-25-27-29-31-33-35-37-39-44(53)43(42-58-50-49(57)48(56)47(55)45(41-52)59-50)51-46(54)40-38-36-34-32-30-28-26-20-18-16-14-12-10-8-6-4-2/h14,16,20,26,37,39,43-45,47-50,52-53,55-57H,3-13,15,17-19,21-25,27-36,38,40-42H2,1-2H3,(H,51,54)/b16-14-,26-20-,39-37+. The molecule has 0 bridgehead atoms. The van der Waals surface area contributed by atoms with Crippen LogP contribution in [0.4, 0.5) is 0 Å². The predicted molar refractivity (Wildman–Crippen MR) is 244 cm³/mol. The van der Waals surface area contributed by atoms with Crippen LogP contribution in [0.15, 0.2) is 36.5 Å². The van der Waals surface area contributed by atoms with Crippen molar-refractivity contribution in [1.29, 1.82) is 0 Å². The van der Waals surface area contributed by atoms with Crippen molar-refractivity contribution >= 4 is 5.91 Å². The second-order valence-electron chi connectivity index (χ2n) is 17.3. The van der Waals surface area contributed by atoms with E-state index in [0.29, 0.717) is 6.42 Å². The number of allylic oxidation sites excluding steroid dienone is 5. The van der Waals surface area contributed by atoms with Crippen molar-refractivity contribution in [1.82, 2.24) is 5.32 Å². The fourth-order valence-electron chi connectivity index (χ4n) is 7.72. The number of aliphatic hydroxyl groups is 5. The molecule has 0 aliphatic carbocycles. The van der Waals surface area contributed by atoms with Crippen LogP contribution in [0, 0.1) is 0 Å². The Morgan fingerprint density at radius 3 is 1.47 bits per heavy atom. The summed E-state index contributed by atoms with van der Waals surface area (Å²) in [6.07, 6.45) is 43.3. The van der Waals surface area contributed by atoms with Gasteiger partial charge in [0.2, 0.25) is 5.91 Å². The summed E-state index contributed by atoms with van der Waals surface area (Å²) in [4.78, 5) is 13.0. The molecular weight excluding hydrogens is 743 g/mol. The molecule has 346 valence electrons. The fraction of sp³-hybridized carbons (Fsp3) is 0.860. The average molecular weight is 836 g/mol. The van der Waals surface area contributed by atoms with Crippen LogP contribution in [0.1, 0.15) is 219 Å². The summed E-state index contributed by atoms with van der Waals surface area (Å²) in [5.41, 5.74) is 0. The summed E-state index contributed by atoms with van der Waals surface area (Å²) in [5.74, 6) is -0.190. The molecular formula is C50H93NO8. The van der Waals surface area contributed by atoms with Gasteiger partial charge in [-0.05, 0) is 51.4 Å². The summed E-state index contributed by atoms with van der Waals surface area (Å²) < 4.78 is 11.2. The van der Waals surface area contributed by atoms with Gasteiger partial charge in [0.05, 0.1) is 25.4 Å². The van der Waals surface area contributed by atoms with Crippen molar-refractivity contribution in [2.75, 3.05) is 13.2 Å². The second-order valence-corrected chi connectivity index (χ2v) is 17.3. The van der Waals surface area contributed by atoms with E-state index in [1.165, 1.54) is 135 Å². The first-order valence-corrected chi connectivity index (χ1v) is 24.7. The Hall–Kier alpha value is -1.59. The highest BCUT2D eigenvalue weighted by Crippen LogP contribution is 2.23. The Morgan fingerprint density at radius 1 is 0.576 bits per heavy atom. The lowest BCUT2D eigenvalue weighted by Gasteiger charge is -2.40. The van der Waals surface area contributed by atoms with E-state index in [9.17, 15) is 30.3 Å². The van der Waals surface area contributed by atoms with Crippen molar-refractivity contribution in [2.24, 2.45) is 0 Å². The van der Waals surface area contributed by atoms with Crippen LogP contribution in [-0.2, 0) is 14.3 Å². The maximum absolute atomic E-state index is 13.0. The van der Waals surface area contributed by atoms with Gasteiger partial charge in [-0.15, -0.1) is 0 Å². The molecule has 1 heterocycles. The molecule has 7 atom stereocenters. The van der Waals surface area contributed by atoms with Crippen LogP contribution in [0.25, 0.3) is 0 Å². The SMILES string of the molecule is CCCCCC/C=C\C/C=C\CCCCCCCC(=O)NC(COC1OC(CO)C(O)C(O)C1O)C(O)/C=C/CCCCCCCCCCCCCCCCCCCC. The number of carbonyl (C=O) groups is 1. The summed E-state index contributed by atoms with van der Waals surface area (Å²) in [5, 5.41) is 54.3. The van der Waals surface area contributed by atoms with Crippen LogP contribution in [0.3, 0.4) is 0 Å². The van der Waals surface area contributed by atoms with E-state index >= 15 is 0 Å². The van der Waals surface area contributed by atoms with Gasteiger partial charge in [-0.1, -0.05) is 198 Å². The Labute approximate surface area is 361 Å². The summed E-state index contributed by atoms with van der Waals surface area (Å²) in [6, 6.07) is -0.811.